The summed E-state index contributed by atoms with van der Waals surface area (Å²) >= 11 is 0. The molecule has 19 heavy (non-hydrogen) atoms. The molecule has 102 valence electrons. The summed E-state index contributed by atoms with van der Waals surface area (Å²) in [7, 11) is 0. The van der Waals surface area contributed by atoms with Crippen LogP contribution < -0.4 is 5.32 Å². The summed E-state index contributed by atoms with van der Waals surface area (Å²) in [4.78, 5) is 0. The summed E-state index contributed by atoms with van der Waals surface area (Å²) < 4.78 is 7.41. The van der Waals surface area contributed by atoms with Crippen molar-refractivity contribution in [3.05, 3.63) is 18.5 Å². The molecular weight excluding hydrogens is 242 g/mol. The first-order valence-corrected chi connectivity index (χ1v) is 6.67. The molecule has 3 heterocycles. The average molecular weight is 261 g/mol. The van der Waals surface area contributed by atoms with Gasteiger partial charge in [-0.1, -0.05) is 0 Å². The predicted molar refractivity (Wildman–Crippen MR) is 72.0 cm³/mol. The van der Waals surface area contributed by atoms with Gasteiger partial charge in [-0.3, -0.25) is 0 Å². The third kappa shape index (κ3) is 2.84. The second-order valence-corrected chi connectivity index (χ2v) is 5.70. The Hall–Kier alpha value is -1.69. The van der Waals surface area contributed by atoms with Gasteiger partial charge in [-0.05, 0) is 44.7 Å². The number of aromatic nitrogens is 4. The summed E-state index contributed by atoms with van der Waals surface area (Å²) in [6.45, 7) is 6.08. The minimum absolute atomic E-state index is 0.00372. The molecule has 0 saturated carbocycles. The number of nitrogens with one attached hydrogen (secondary N) is 1. The first kappa shape index (κ1) is 12.3. The highest BCUT2D eigenvalue weighted by Crippen LogP contribution is 2.28. The average Bonchev–Trinajstić information content (AvgIpc) is 2.82. The van der Waals surface area contributed by atoms with E-state index < -0.39 is 0 Å². The Balaban J connectivity index is 1.62. The number of nitrogens with zero attached hydrogens (tertiary/aromatic N) is 4. The number of hydrogen-bond acceptors (Lipinski definition) is 5. The number of anilines is 1. The SMILES string of the molecule is CC1(C)C[C@@H](CNc2ccc3nncn3n2)CCO1. The maximum absolute atomic E-state index is 5.73. The van der Waals surface area contributed by atoms with Crippen molar-refractivity contribution in [1.29, 1.82) is 0 Å². The summed E-state index contributed by atoms with van der Waals surface area (Å²) in [5.41, 5.74) is 0.758. The largest absolute Gasteiger partial charge is 0.376 e. The molecule has 1 N–H and O–H groups in total. The topological polar surface area (TPSA) is 64.3 Å². The van der Waals surface area contributed by atoms with Crippen molar-refractivity contribution in [3.63, 3.8) is 0 Å². The first-order valence-electron chi connectivity index (χ1n) is 6.67. The number of rotatable bonds is 3. The van der Waals surface area contributed by atoms with Gasteiger partial charge in [-0.15, -0.1) is 15.3 Å². The molecule has 0 unspecified atom stereocenters. The van der Waals surface area contributed by atoms with Gasteiger partial charge in [0.1, 0.15) is 12.1 Å². The standard InChI is InChI=1S/C13H19N5O/c1-13(2)7-10(5-6-19-13)8-14-11-3-4-12-16-15-9-18(12)17-11/h3-4,9-10H,5-8H2,1-2H3,(H,14,17)/t10-/m0/s1. The Morgan fingerprint density at radius 3 is 3.21 bits per heavy atom. The molecule has 6 nitrogen and oxygen atoms in total. The summed E-state index contributed by atoms with van der Waals surface area (Å²) in [5.74, 6) is 1.48. The normalized spacial score (nSPS) is 22.5. The van der Waals surface area contributed by atoms with Gasteiger partial charge in [0, 0.05) is 13.2 Å². The molecular formula is C13H19N5O. The van der Waals surface area contributed by atoms with Crippen molar-refractivity contribution >= 4 is 11.5 Å². The lowest BCUT2D eigenvalue weighted by atomic mass is 9.88. The van der Waals surface area contributed by atoms with Crippen molar-refractivity contribution in [3.8, 4) is 0 Å². The lowest BCUT2D eigenvalue weighted by Gasteiger charge is -2.35. The molecule has 0 bridgehead atoms. The van der Waals surface area contributed by atoms with Crippen LogP contribution in [0.3, 0.4) is 0 Å². The van der Waals surface area contributed by atoms with Crippen molar-refractivity contribution in [1.82, 2.24) is 19.8 Å². The first-order chi connectivity index (χ1) is 9.12. The van der Waals surface area contributed by atoms with E-state index in [4.69, 9.17) is 4.74 Å². The summed E-state index contributed by atoms with van der Waals surface area (Å²) in [6, 6.07) is 3.85. The summed E-state index contributed by atoms with van der Waals surface area (Å²) in [5, 5.41) is 15.5. The van der Waals surface area contributed by atoms with E-state index in [0.29, 0.717) is 5.92 Å². The Kier molecular flexibility index (Phi) is 3.10. The zero-order valence-electron chi connectivity index (χ0n) is 11.3. The molecule has 0 spiro atoms. The molecule has 1 fully saturated rings. The molecule has 0 aliphatic carbocycles. The lowest BCUT2D eigenvalue weighted by Crippen LogP contribution is -2.36. The minimum Gasteiger partial charge on any atom is -0.376 e. The van der Waals surface area contributed by atoms with Crippen LogP contribution in [0.15, 0.2) is 18.5 Å². The zero-order valence-corrected chi connectivity index (χ0v) is 11.3. The van der Waals surface area contributed by atoms with Crippen LogP contribution in [0.1, 0.15) is 26.7 Å². The quantitative estimate of drug-likeness (QED) is 0.911. The number of fused-ring (bicyclic) bond motifs is 1. The van der Waals surface area contributed by atoms with Crippen molar-refractivity contribution in [2.45, 2.75) is 32.3 Å². The van der Waals surface area contributed by atoms with E-state index in [1.807, 2.05) is 12.1 Å². The molecule has 6 heteroatoms. The Morgan fingerprint density at radius 1 is 1.47 bits per heavy atom. The molecule has 0 radical (unpaired) electrons. The van der Waals surface area contributed by atoms with Gasteiger partial charge in [0.2, 0.25) is 0 Å². The van der Waals surface area contributed by atoms with Crippen LogP contribution in [0.2, 0.25) is 0 Å². The maximum atomic E-state index is 5.73. The van der Waals surface area contributed by atoms with Gasteiger partial charge in [-0.25, -0.2) is 0 Å². The lowest BCUT2D eigenvalue weighted by molar-refractivity contribution is -0.0699. The van der Waals surface area contributed by atoms with Gasteiger partial charge in [0.15, 0.2) is 5.65 Å². The molecule has 1 aliphatic heterocycles. The monoisotopic (exact) mass is 261 g/mol. The molecule has 1 saturated heterocycles. The molecule has 2 aromatic rings. The van der Waals surface area contributed by atoms with Crippen LogP contribution in [0.25, 0.3) is 5.65 Å². The second kappa shape index (κ2) is 4.77. The van der Waals surface area contributed by atoms with Crippen molar-refractivity contribution in [2.75, 3.05) is 18.5 Å². The molecule has 1 aliphatic rings. The Bertz CT molecular complexity index is 565. The molecule has 1 atom stereocenters. The van der Waals surface area contributed by atoms with E-state index in [9.17, 15) is 0 Å². The predicted octanol–water partition coefficient (Wildman–Crippen LogP) is 1.74. The molecule has 3 rings (SSSR count). The minimum atomic E-state index is -0.00372. The van der Waals surface area contributed by atoms with Gasteiger partial charge >= 0.3 is 0 Å². The van der Waals surface area contributed by atoms with Gasteiger partial charge in [0.05, 0.1) is 5.60 Å². The smallest absolute Gasteiger partial charge is 0.177 e. The second-order valence-electron chi connectivity index (χ2n) is 5.70. The van der Waals surface area contributed by atoms with Crippen LogP contribution in [0, 0.1) is 5.92 Å². The van der Waals surface area contributed by atoms with Crippen LogP contribution in [-0.4, -0.2) is 38.6 Å². The fourth-order valence-corrected chi connectivity index (χ4v) is 2.60. The van der Waals surface area contributed by atoms with E-state index in [1.54, 1.807) is 10.8 Å². The number of hydrogen-bond donors (Lipinski definition) is 1. The highest BCUT2D eigenvalue weighted by molar-refractivity contribution is 5.42. The highest BCUT2D eigenvalue weighted by Gasteiger charge is 2.28. The molecule has 0 amide bonds. The Morgan fingerprint density at radius 2 is 2.37 bits per heavy atom. The number of ether oxygens (including phenoxy) is 1. The van der Waals surface area contributed by atoms with Crippen LogP contribution >= 0.6 is 0 Å². The van der Waals surface area contributed by atoms with Crippen LogP contribution in [0.4, 0.5) is 5.82 Å². The van der Waals surface area contributed by atoms with E-state index >= 15 is 0 Å². The van der Waals surface area contributed by atoms with E-state index in [-0.39, 0.29) is 5.60 Å². The fraction of sp³-hybridized carbons (Fsp3) is 0.615. The molecule has 0 aromatic carbocycles. The van der Waals surface area contributed by atoms with Gasteiger partial charge < -0.3 is 10.1 Å². The van der Waals surface area contributed by atoms with E-state index in [2.05, 4.69) is 34.5 Å². The van der Waals surface area contributed by atoms with Gasteiger partial charge in [-0.2, -0.15) is 4.52 Å². The zero-order chi connectivity index (χ0) is 13.3. The van der Waals surface area contributed by atoms with Crippen LogP contribution in [0.5, 0.6) is 0 Å². The maximum Gasteiger partial charge on any atom is 0.177 e. The highest BCUT2D eigenvalue weighted by atomic mass is 16.5. The Labute approximate surface area is 112 Å². The third-order valence-electron chi connectivity index (χ3n) is 3.53. The van der Waals surface area contributed by atoms with Crippen molar-refractivity contribution in [2.24, 2.45) is 5.92 Å². The van der Waals surface area contributed by atoms with E-state index in [0.717, 1.165) is 37.5 Å². The third-order valence-corrected chi connectivity index (χ3v) is 3.53. The summed E-state index contributed by atoms with van der Waals surface area (Å²) in [6.07, 6.45) is 3.79. The van der Waals surface area contributed by atoms with Crippen molar-refractivity contribution < 1.29 is 4.74 Å². The van der Waals surface area contributed by atoms with Gasteiger partial charge in [0.25, 0.3) is 0 Å². The van der Waals surface area contributed by atoms with Crippen LogP contribution in [-0.2, 0) is 4.74 Å². The van der Waals surface area contributed by atoms with E-state index in [1.165, 1.54) is 0 Å². The molecule has 2 aromatic heterocycles. The fourth-order valence-electron chi connectivity index (χ4n) is 2.60.